The first-order valence-corrected chi connectivity index (χ1v) is 9.76. The topological polar surface area (TPSA) is 67.0 Å². The molecule has 4 aromatic rings. The largest absolute Gasteiger partial charge is 0.496 e. The van der Waals surface area contributed by atoms with Gasteiger partial charge in [-0.1, -0.05) is 35.9 Å². The van der Waals surface area contributed by atoms with Crippen LogP contribution in [0.25, 0.3) is 33.4 Å². The van der Waals surface area contributed by atoms with Crippen LogP contribution in [0.5, 0.6) is 5.75 Å². The number of amides is 1. The predicted octanol–water partition coefficient (Wildman–Crippen LogP) is 4.84. The number of fused-ring (bicyclic) bond motifs is 2. The highest BCUT2D eigenvalue weighted by Crippen LogP contribution is 2.35. The van der Waals surface area contributed by atoms with Crippen LogP contribution in [0.4, 0.5) is 0 Å². The number of hydrogen-bond acceptors (Lipinski definition) is 3. The standard InChI is InChI=1S/C23H18ClN3O2/c1-29-21-8-6-14(24)11-16(21)18-7-5-13-3-2-4-15(22(13)27-18)20-12-17-19(26-20)9-10-25-23(17)28/h2-8,11-12,26H,9-10H2,1H3,(H,25,28). The van der Waals surface area contributed by atoms with E-state index in [1.165, 1.54) is 0 Å². The number of para-hydroxylation sites is 1. The van der Waals surface area contributed by atoms with E-state index in [1.807, 2.05) is 48.5 Å². The number of carbonyl (C=O) groups is 1. The third kappa shape index (κ3) is 3.04. The van der Waals surface area contributed by atoms with Crippen LogP contribution in [0.1, 0.15) is 16.1 Å². The van der Waals surface area contributed by atoms with Crippen molar-refractivity contribution in [2.75, 3.05) is 13.7 Å². The molecule has 0 spiro atoms. The van der Waals surface area contributed by atoms with Crippen molar-refractivity contribution in [2.45, 2.75) is 6.42 Å². The summed E-state index contributed by atoms with van der Waals surface area (Å²) in [6, 6.07) is 17.5. The van der Waals surface area contributed by atoms with Gasteiger partial charge in [-0.2, -0.15) is 0 Å². The van der Waals surface area contributed by atoms with E-state index >= 15 is 0 Å². The van der Waals surface area contributed by atoms with Gasteiger partial charge in [0.25, 0.3) is 5.91 Å². The summed E-state index contributed by atoms with van der Waals surface area (Å²) in [7, 11) is 1.63. The Balaban J connectivity index is 1.70. The highest BCUT2D eigenvalue weighted by atomic mass is 35.5. The first-order valence-electron chi connectivity index (χ1n) is 9.38. The second-order valence-corrected chi connectivity index (χ2v) is 7.44. The maximum atomic E-state index is 12.2. The number of benzene rings is 2. The molecule has 2 aromatic carbocycles. The normalized spacial score (nSPS) is 13.2. The number of H-pyrrole nitrogens is 1. The van der Waals surface area contributed by atoms with Gasteiger partial charge in [0.2, 0.25) is 0 Å². The molecule has 0 saturated carbocycles. The number of aromatic amines is 1. The molecule has 1 aliphatic rings. The number of pyridine rings is 1. The Bertz CT molecular complexity index is 1260. The predicted molar refractivity (Wildman–Crippen MR) is 115 cm³/mol. The third-order valence-electron chi connectivity index (χ3n) is 5.25. The Morgan fingerprint density at radius 3 is 2.76 bits per heavy atom. The summed E-state index contributed by atoms with van der Waals surface area (Å²) in [4.78, 5) is 20.5. The molecule has 0 unspecified atom stereocenters. The van der Waals surface area contributed by atoms with Crippen LogP contribution in [-0.4, -0.2) is 29.5 Å². The number of ether oxygens (including phenoxy) is 1. The molecule has 29 heavy (non-hydrogen) atoms. The van der Waals surface area contributed by atoms with E-state index in [2.05, 4.69) is 10.3 Å². The number of nitrogens with zero attached hydrogens (tertiary/aromatic N) is 1. The summed E-state index contributed by atoms with van der Waals surface area (Å²) in [6.45, 7) is 0.651. The molecule has 2 N–H and O–H groups in total. The van der Waals surface area contributed by atoms with E-state index in [4.69, 9.17) is 21.3 Å². The summed E-state index contributed by atoms with van der Waals surface area (Å²) in [5.41, 5.74) is 5.98. The number of aromatic nitrogens is 2. The fraction of sp³-hybridized carbons (Fsp3) is 0.130. The number of rotatable bonds is 3. The average molecular weight is 404 g/mol. The number of carbonyl (C=O) groups excluding carboxylic acids is 1. The van der Waals surface area contributed by atoms with E-state index in [9.17, 15) is 4.79 Å². The number of halogens is 1. The van der Waals surface area contributed by atoms with Crippen LogP contribution in [-0.2, 0) is 6.42 Å². The van der Waals surface area contributed by atoms with Crippen molar-refractivity contribution in [3.8, 4) is 28.3 Å². The number of methoxy groups -OCH3 is 1. The quantitative estimate of drug-likeness (QED) is 0.514. The Hall–Kier alpha value is -3.31. The summed E-state index contributed by atoms with van der Waals surface area (Å²) in [5, 5.41) is 4.53. The summed E-state index contributed by atoms with van der Waals surface area (Å²) >= 11 is 6.21. The van der Waals surface area contributed by atoms with Crippen molar-refractivity contribution in [1.82, 2.24) is 15.3 Å². The monoisotopic (exact) mass is 403 g/mol. The first-order chi connectivity index (χ1) is 14.1. The van der Waals surface area contributed by atoms with Crippen LogP contribution in [0.15, 0.2) is 54.6 Å². The van der Waals surface area contributed by atoms with Crippen molar-refractivity contribution in [1.29, 1.82) is 0 Å². The van der Waals surface area contributed by atoms with Crippen LogP contribution in [0, 0.1) is 0 Å². The second-order valence-electron chi connectivity index (χ2n) is 7.00. The van der Waals surface area contributed by atoms with E-state index in [-0.39, 0.29) is 5.91 Å². The lowest BCUT2D eigenvalue weighted by Gasteiger charge is -2.11. The van der Waals surface area contributed by atoms with E-state index in [0.717, 1.165) is 45.5 Å². The van der Waals surface area contributed by atoms with Crippen molar-refractivity contribution in [3.05, 3.63) is 70.9 Å². The van der Waals surface area contributed by atoms with E-state index in [1.54, 1.807) is 13.2 Å². The number of nitrogens with one attached hydrogen (secondary N) is 2. The molecule has 0 bridgehead atoms. The van der Waals surface area contributed by atoms with Crippen LogP contribution >= 0.6 is 11.6 Å². The molecule has 2 aromatic heterocycles. The minimum atomic E-state index is -0.0358. The van der Waals surface area contributed by atoms with Gasteiger partial charge in [0, 0.05) is 45.9 Å². The zero-order valence-electron chi connectivity index (χ0n) is 15.8. The Morgan fingerprint density at radius 2 is 1.93 bits per heavy atom. The molecule has 1 amide bonds. The molecule has 5 nitrogen and oxygen atoms in total. The summed E-state index contributed by atoms with van der Waals surface area (Å²) in [6.07, 6.45) is 0.796. The average Bonchev–Trinajstić information content (AvgIpc) is 3.18. The fourth-order valence-electron chi connectivity index (χ4n) is 3.83. The highest BCUT2D eigenvalue weighted by molar-refractivity contribution is 6.31. The summed E-state index contributed by atoms with van der Waals surface area (Å²) in [5.74, 6) is 0.678. The Morgan fingerprint density at radius 1 is 1.03 bits per heavy atom. The molecule has 1 aliphatic heterocycles. The van der Waals surface area contributed by atoms with Gasteiger partial charge in [0.15, 0.2) is 0 Å². The third-order valence-corrected chi connectivity index (χ3v) is 5.49. The van der Waals surface area contributed by atoms with Crippen LogP contribution < -0.4 is 10.1 Å². The van der Waals surface area contributed by atoms with Crippen molar-refractivity contribution in [3.63, 3.8) is 0 Å². The lowest BCUT2D eigenvalue weighted by molar-refractivity contribution is 0.0946. The lowest BCUT2D eigenvalue weighted by atomic mass is 10.0. The minimum Gasteiger partial charge on any atom is -0.496 e. The van der Waals surface area contributed by atoms with Gasteiger partial charge in [-0.15, -0.1) is 0 Å². The van der Waals surface area contributed by atoms with Gasteiger partial charge in [0.1, 0.15) is 5.75 Å². The molecule has 0 fully saturated rings. The van der Waals surface area contributed by atoms with Gasteiger partial charge in [-0.05, 0) is 30.3 Å². The molecule has 0 saturated heterocycles. The molecule has 6 heteroatoms. The van der Waals surface area contributed by atoms with Gasteiger partial charge < -0.3 is 15.0 Å². The van der Waals surface area contributed by atoms with Gasteiger partial charge in [0.05, 0.1) is 23.9 Å². The van der Waals surface area contributed by atoms with Crippen molar-refractivity contribution in [2.24, 2.45) is 0 Å². The molecule has 0 radical (unpaired) electrons. The summed E-state index contributed by atoms with van der Waals surface area (Å²) < 4.78 is 5.50. The minimum absolute atomic E-state index is 0.0358. The Kier molecular flexibility index (Phi) is 4.25. The number of hydrogen-bond donors (Lipinski definition) is 2. The molecule has 0 atom stereocenters. The van der Waals surface area contributed by atoms with Crippen LogP contribution in [0.3, 0.4) is 0 Å². The SMILES string of the molecule is COc1ccc(Cl)cc1-c1ccc2cccc(-c3cc4c([nH]3)CCNC4=O)c2n1. The maximum absolute atomic E-state index is 12.2. The first kappa shape index (κ1) is 17.8. The van der Waals surface area contributed by atoms with Gasteiger partial charge >= 0.3 is 0 Å². The van der Waals surface area contributed by atoms with E-state index in [0.29, 0.717) is 22.9 Å². The van der Waals surface area contributed by atoms with Crippen LogP contribution in [0.2, 0.25) is 5.02 Å². The van der Waals surface area contributed by atoms with Gasteiger partial charge in [-0.3, -0.25) is 4.79 Å². The van der Waals surface area contributed by atoms with Crippen molar-refractivity contribution < 1.29 is 9.53 Å². The van der Waals surface area contributed by atoms with Crippen molar-refractivity contribution >= 4 is 28.4 Å². The highest BCUT2D eigenvalue weighted by Gasteiger charge is 2.21. The molecular weight excluding hydrogens is 386 g/mol. The molecule has 3 heterocycles. The second kappa shape index (κ2) is 6.94. The zero-order valence-corrected chi connectivity index (χ0v) is 16.5. The molecular formula is C23H18ClN3O2. The molecule has 144 valence electrons. The maximum Gasteiger partial charge on any atom is 0.253 e. The smallest absolute Gasteiger partial charge is 0.253 e. The zero-order chi connectivity index (χ0) is 20.0. The lowest BCUT2D eigenvalue weighted by Crippen LogP contribution is -2.31. The van der Waals surface area contributed by atoms with E-state index < -0.39 is 0 Å². The molecule has 0 aliphatic carbocycles. The Labute approximate surface area is 172 Å². The fourth-order valence-corrected chi connectivity index (χ4v) is 4.01. The van der Waals surface area contributed by atoms with Gasteiger partial charge in [-0.25, -0.2) is 4.98 Å². The molecule has 5 rings (SSSR count).